The first kappa shape index (κ1) is 12.7. The maximum Gasteiger partial charge on any atom is 0.232 e. The van der Waals surface area contributed by atoms with E-state index in [-0.39, 0.29) is 11.7 Å². The van der Waals surface area contributed by atoms with Gasteiger partial charge in [0.15, 0.2) is 0 Å². The molecule has 0 bridgehead atoms. The van der Waals surface area contributed by atoms with E-state index >= 15 is 0 Å². The third kappa shape index (κ3) is 2.41. The van der Waals surface area contributed by atoms with E-state index in [1.165, 1.54) is 6.07 Å². The van der Waals surface area contributed by atoms with Gasteiger partial charge in [0, 0.05) is 5.56 Å². The number of benzene rings is 1. The Balaban J connectivity index is 2.32. The molecule has 96 valence electrons. The number of hydrogen-bond donors (Lipinski definition) is 1. The van der Waals surface area contributed by atoms with Crippen LogP contribution < -0.4 is 0 Å². The Morgan fingerprint density at radius 3 is 2.67 bits per heavy atom. The highest BCUT2D eigenvalue weighted by molar-refractivity contribution is 5.55. The molecule has 0 radical (unpaired) electrons. The van der Waals surface area contributed by atoms with Gasteiger partial charge in [0.1, 0.15) is 5.82 Å². The van der Waals surface area contributed by atoms with E-state index in [0.29, 0.717) is 22.8 Å². The fourth-order valence-electron chi connectivity index (χ4n) is 1.53. The van der Waals surface area contributed by atoms with Crippen molar-refractivity contribution >= 4 is 0 Å². The molecule has 2 atom stereocenters. The van der Waals surface area contributed by atoms with Gasteiger partial charge in [0.25, 0.3) is 0 Å². The topological polar surface area (TPSA) is 59.2 Å². The first-order chi connectivity index (χ1) is 8.49. The van der Waals surface area contributed by atoms with Crippen molar-refractivity contribution < 1.29 is 14.0 Å². The number of nitrogens with zero attached hydrogens (tertiary/aromatic N) is 2. The van der Waals surface area contributed by atoms with Crippen molar-refractivity contribution in [2.24, 2.45) is 0 Å². The van der Waals surface area contributed by atoms with E-state index in [0.717, 1.165) is 0 Å². The van der Waals surface area contributed by atoms with Crippen LogP contribution in [0.4, 0.5) is 4.39 Å². The zero-order valence-corrected chi connectivity index (χ0v) is 10.5. The van der Waals surface area contributed by atoms with Gasteiger partial charge in [0.05, 0.1) is 12.0 Å². The highest BCUT2D eigenvalue weighted by Crippen LogP contribution is 2.23. The number of aliphatic hydroxyl groups excluding tert-OH is 1. The molecule has 0 aliphatic rings. The minimum absolute atomic E-state index is 0.229. The van der Waals surface area contributed by atoms with Gasteiger partial charge in [-0.25, -0.2) is 4.39 Å². The molecule has 0 fully saturated rings. The molecule has 1 aromatic heterocycles. The summed E-state index contributed by atoms with van der Waals surface area (Å²) in [6.07, 6.45) is -0.562. The number of rotatable bonds is 3. The summed E-state index contributed by atoms with van der Waals surface area (Å²) in [5.41, 5.74) is 1.23. The summed E-state index contributed by atoms with van der Waals surface area (Å²) < 4.78 is 18.3. The Labute approximate surface area is 104 Å². The molecule has 0 spiro atoms. The molecule has 0 aliphatic carbocycles. The molecule has 1 heterocycles. The van der Waals surface area contributed by atoms with Crippen LogP contribution in [-0.4, -0.2) is 21.4 Å². The zero-order valence-electron chi connectivity index (χ0n) is 10.5. The van der Waals surface area contributed by atoms with Crippen LogP contribution in [0, 0.1) is 12.7 Å². The van der Waals surface area contributed by atoms with E-state index in [4.69, 9.17) is 4.52 Å². The van der Waals surface area contributed by atoms with Crippen LogP contribution in [0.15, 0.2) is 22.7 Å². The number of hydrogen-bond acceptors (Lipinski definition) is 4. The summed E-state index contributed by atoms with van der Waals surface area (Å²) in [6.45, 7) is 5.15. The smallest absolute Gasteiger partial charge is 0.232 e. The summed E-state index contributed by atoms with van der Waals surface area (Å²) in [5, 5.41) is 13.3. The highest BCUT2D eigenvalue weighted by Gasteiger charge is 2.19. The number of halogens is 1. The van der Waals surface area contributed by atoms with Crippen molar-refractivity contribution in [3.8, 4) is 11.4 Å². The normalized spacial score (nSPS) is 14.5. The molecule has 1 aromatic carbocycles. The fraction of sp³-hybridized carbons (Fsp3) is 0.385. The number of aromatic nitrogens is 2. The molecule has 2 rings (SSSR count). The van der Waals surface area contributed by atoms with Gasteiger partial charge in [-0.1, -0.05) is 12.1 Å². The summed E-state index contributed by atoms with van der Waals surface area (Å²) in [6, 6.07) is 4.64. The minimum atomic E-state index is -0.562. The lowest BCUT2D eigenvalue weighted by molar-refractivity contribution is 0.151. The molecular formula is C13H15FN2O2. The quantitative estimate of drug-likeness (QED) is 0.909. The highest BCUT2D eigenvalue weighted by atomic mass is 19.1. The second kappa shape index (κ2) is 4.86. The molecule has 0 amide bonds. The van der Waals surface area contributed by atoms with E-state index in [2.05, 4.69) is 10.1 Å². The summed E-state index contributed by atoms with van der Waals surface area (Å²) in [7, 11) is 0. The lowest BCUT2D eigenvalue weighted by atomic mass is 10.1. The van der Waals surface area contributed by atoms with Gasteiger partial charge in [-0.2, -0.15) is 4.98 Å². The molecular weight excluding hydrogens is 235 g/mol. The van der Waals surface area contributed by atoms with E-state index in [1.807, 2.05) is 0 Å². The van der Waals surface area contributed by atoms with Crippen LogP contribution in [0.2, 0.25) is 0 Å². The second-order valence-electron chi connectivity index (χ2n) is 4.45. The maximum atomic E-state index is 13.2. The molecule has 4 nitrogen and oxygen atoms in total. The molecule has 0 aliphatic heterocycles. The van der Waals surface area contributed by atoms with Crippen molar-refractivity contribution in [2.75, 3.05) is 0 Å². The van der Waals surface area contributed by atoms with Gasteiger partial charge in [-0.05, 0) is 37.6 Å². The monoisotopic (exact) mass is 250 g/mol. The minimum Gasteiger partial charge on any atom is -0.393 e. The molecule has 1 N–H and O–H groups in total. The van der Waals surface area contributed by atoms with Gasteiger partial charge in [0.2, 0.25) is 11.7 Å². The second-order valence-corrected chi connectivity index (χ2v) is 4.45. The van der Waals surface area contributed by atoms with Crippen molar-refractivity contribution in [1.82, 2.24) is 10.1 Å². The largest absolute Gasteiger partial charge is 0.393 e. The first-order valence-electron chi connectivity index (χ1n) is 5.77. The molecule has 2 aromatic rings. The van der Waals surface area contributed by atoms with E-state index in [9.17, 15) is 9.50 Å². The molecule has 5 heteroatoms. The predicted molar refractivity (Wildman–Crippen MR) is 64.5 cm³/mol. The van der Waals surface area contributed by atoms with Crippen LogP contribution in [0.1, 0.15) is 31.2 Å². The van der Waals surface area contributed by atoms with E-state index < -0.39 is 6.10 Å². The Morgan fingerprint density at radius 2 is 2.06 bits per heavy atom. The number of aryl methyl sites for hydroxylation is 1. The van der Waals surface area contributed by atoms with Crippen LogP contribution in [0.5, 0.6) is 0 Å². The van der Waals surface area contributed by atoms with Crippen LogP contribution in [0.25, 0.3) is 11.4 Å². The lowest BCUT2D eigenvalue weighted by Crippen LogP contribution is -2.11. The molecule has 0 saturated carbocycles. The van der Waals surface area contributed by atoms with Crippen molar-refractivity contribution in [2.45, 2.75) is 32.8 Å². The average molecular weight is 250 g/mol. The van der Waals surface area contributed by atoms with Gasteiger partial charge in [-0.15, -0.1) is 0 Å². The lowest BCUT2D eigenvalue weighted by Gasteiger charge is -2.08. The maximum absolute atomic E-state index is 13.2. The van der Waals surface area contributed by atoms with Crippen LogP contribution >= 0.6 is 0 Å². The van der Waals surface area contributed by atoms with Gasteiger partial charge >= 0.3 is 0 Å². The Hall–Kier alpha value is -1.75. The Bertz CT molecular complexity index is 552. The SMILES string of the molecule is Cc1cc(-c2noc(C(C)C(C)O)n2)ccc1F. The Kier molecular flexibility index (Phi) is 3.43. The van der Waals surface area contributed by atoms with Crippen molar-refractivity contribution in [3.05, 3.63) is 35.5 Å². The summed E-state index contributed by atoms with van der Waals surface area (Å²) >= 11 is 0. The van der Waals surface area contributed by atoms with E-state index in [1.54, 1.807) is 32.9 Å². The molecule has 2 unspecified atom stereocenters. The molecule has 18 heavy (non-hydrogen) atoms. The van der Waals surface area contributed by atoms with Crippen molar-refractivity contribution in [1.29, 1.82) is 0 Å². The third-order valence-corrected chi connectivity index (χ3v) is 2.97. The first-order valence-corrected chi connectivity index (χ1v) is 5.77. The standard InChI is InChI=1S/C13H15FN2O2/c1-7-6-10(4-5-11(7)14)12-15-13(18-16-12)8(2)9(3)17/h4-6,8-9,17H,1-3H3. The van der Waals surface area contributed by atoms with Gasteiger partial charge < -0.3 is 9.63 Å². The predicted octanol–water partition coefficient (Wildman–Crippen LogP) is 2.67. The number of aliphatic hydroxyl groups is 1. The summed E-state index contributed by atoms with van der Waals surface area (Å²) in [5.74, 6) is 0.287. The third-order valence-electron chi connectivity index (χ3n) is 2.97. The van der Waals surface area contributed by atoms with Crippen molar-refractivity contribution in [3.63, 3.8) is 0 Å². The average Bonchev–Trinajstić information content (AvgIpc) is 2.81. The summed E-state index contributed by atoms with van der Waals surface area (Å²) in [4.78, 5) is 4.21. The van der Waals surface area contributed by atoms with Crippen LogP contribution in [0.3, 0.4) is 0 Å². The van der Waals surface area contributed by atoms with Crippen LogP contribution in [-0.2, 0) is 0 Å². The fourth-order valence-corrected chi connectivity index (χ4v) is 1.53. The molecule has 0 saturated heterocycles. The Morgan fingerprint density at radius 1 is 1.33 bits per heavy atom. The van der Waals surface area contributed by atoms with Gasteiger partial charge in [-0.3, -0.25) is 0 Å². The zero-order chi connectivity index (χ0) is 13.3.